The SMILES string of the molecule is COc1cnc([C@H](OC(C)C)[C@H](C)S(=O)(=O)N/C(=N\c2c(OC)cccc2OC)NNC(=O)c2cc(C)ccn2)cn1. The van der Waals surface area contributed by atoms with Crippen molar-refractivity contribution >= 4 is 27.6 Å². The van der Waals surface area contributed by atoms with Crippen molar-refractivity contribution < 1.29 is 32.2 Å². The van der Waals surface area contributed by atoms with Crippen molar-refractivity contribution in [3.63, 3.8) is 0 Å². The molecule has 14 nitrogen and oxygen atoms in total. The number of hydrazine groups is 1. The van der Waals surface area contributed by atoms with Gasteiger partial charge < -0.3 is 18.9 Å². The van der Waals surface area contributed by atoms with E-state index in [-0.39, 0.29) is 35.0 Å². The quantitative estimate of drug-likeness (QED) is 0.167. The van der Waals surface area contributed by atoms with Crippen LogP contribution in [0, 0.1) is 6.92 Å². The topological polar surface area (TPSA) is 175 Å². The van der Waals surface area contributed by atoms with Crippen LogP contribution in [0.25, 0.3) is 0 Å². The maximum atomic E-state index is 13.7. The summed E-state index contributed by atoms with van der Waals surface area (Å²) in [4.78, 5) is 29.7. The minimum absolute atomic E-state index is 0.108. The number of ether oxygens (including phenoxy) is 4. The van der Waals surface area contributed by atoms with Crippen LogP contribution >= 0.6 is 0 Å². The molecular formula is C27H35N7O7S. The Hall–Kier alpha value is -4.50. The number of sulfonamides is 1. The molecule has 226 valence electrons. The Morgan fingerprint density at radius 1 is 0.929 bits per heavy atom. The van der Waals surface area contributed by atoms with E-state index >= 15 is 0 Å². The van der Waals surface area contributed by atoms with Crippen molar-refractivity contribution in [2.45, 2.75) is 45.2 Å². The molecule has 3 rings (SSSR count). The van der Waals surface area contributed by atoms with Gasteiger partial charge in [-0.05, 0) is 57.5 Å². The average molecular weight is 602 g/mol. The van der Waals surface area contributed by atoms with E-state index in [1.165, 1.54) is 46.8 Å². The Balaban J connectivity index is 1.99. The molecule has 3 aromatic rings. The normalized spacial score (nSPS) is 13.2. The van der Waals surface area contributed by atoms with Crippen LogP contribution < -0.4 is 29.8 Å². The number of aliphatic imine (C=N–C) groups is 1. The van der Waals surface area contributed by atoms with E-state index in [0.29, 0.717) is 11.5 Å². The van der Waals surface area contributed by atoms with Crippen molar-refractivity contribution in [1.29, 1.82) is 0 Å². The Morgan fingerprint density at radius 2 is 1.62 bits per heavy atom. The lowest BCUT2D eigenvalue weighted by Crippen LogP contribution is -2.52. The zero-order chi connectivity index (χ0) is 30.9. The molecule has 0 saturated carbocycles. The van der Waals surface area contributed by atoms with Crippen LogP contribution in [0.3, 0.4) is 0 Å². The molecule has 3 N–H and O–H groups in total. The molecule has 0 unspecified atom stereocenters. The lowest BCUT2D eigenvalue weighted by Gasteiger charge is -2.26. The van der Waals surface area contributed by atoms with Gasteiger partial charge in [0.05, 0.1) is 45.5 Å². The Kier molecular flexibility index (Phi) is 11.0. The number of rotatable bonds is 11. The summed E-state index contributed by atoms with van der Waals surface area (Å²) in [5.41, 5.74) is 6.35. The number of hydrogen-bond donors (Lipinski definition) is 3. The summed E-state index contributed by atoms with van der Waals surface area (Å²) in [6.45, 7) is 6.81. The van der Waals surface area contributed by atoms with Gasteiger partial charge in [0.25, 0.3) is 5.91 Å². The van der Waals surface area contributed by atoms with E-state index < -0.39 is 27.3 Å². The third-order valence-electron chi connectivity index (χ3n) is 5.79. The fraction of sp³-hybridized carbons (Fsp3) is 0.370. The second-order valence-corrected chi connectivity index (χ2v) is 11.2. The zero-order valence-corrected chi connectivity index (χ0v) is 25.2. The molecule has 2 aromatic heterocycles. The smallest absolute Gasteiger partial charge is 0.288 e. The van der Waals surface area contributed by atoms with E-state index in [1.54, 1.807) is 44.2 Å². The number of guanidine groups is 1. The van der Waals surface area contributed by atoms with Crippen LogP contribution in [0.4, 0.5) is 5.69 Å². The van der Waals surface area contributed by atoms with Gasteiger partial charge >= 0.3 is 0 Å². The highest BCUT2D eigenvalue weighted by atomic mass is 32.2. The molecule has 2 atom stereocenters. The highest BCUT2D eigenvalue weighted by Crippen LogP contribution is 2.37. The van der Waals surface area contributed by atoms with Gasteiger partial charge in [0.1, 0.15) is 28.5 Å². The monoisotopic (exact) mass is 601 g/mol. The largest absolute Gasteiger partial charge is 0.494 e. The average Bonchev–Trinajstić information content (AvgIpc) is 2.98. The fourth-order valence-electron chi connectivity index (χ4n) is 3.65. The number of carbonyl (C=O) groups is 1. The number of amides is 1. The van der Waals surface area contributed by atoms with Crippen molar-refractivity contribution in [1.82, 2.24) is 30.5 Å². The number of carbonyl (C=O) groups excluding carboxylic acids is 1. The van der Waals surface area contributed by atoms with Crippen LogP contribution in [0.2, 0.25) is 0 Å². The standard InChI is InChI=1S/C27H35N7O7S/c1-16(2)41-25(20-14-30-23(40-7)15-29-20)18(4)42(36,37)34-27(31-24-21(38-5)9-8-10-22(24)39-6)33-32-26(35)19-13-17(3)11-12-28-19/h8-16,18,25H,1-7H3,(H,32,35)(H2,31,33,34)/t18-,25+/m0/s1. The van der Waals surface area contributed by atoms with E-state index in [0.717, 1.165) is 5.56 Å². The number of nitrogens with zero attached hydrogens (tertiary/aromatic N) is 4. The predicted octanol–water partition coefficient (Wildman–Crippen LogP) is 2.60. The second-order valence-electron chi connectivity index (χ2n) is 9.21. The molecule has 42 heavy (non-hydrogen) atoms. The minimum atomic E-state index is -4.26. The van der Waals surface area contributed by atoms with Crippen molar-refractivity contribution in [3.05, 3.63) is 65.9 Å². The van der Waals surface area contributed by atoms with Crippen LogP contribution in [-0.4, -0.2) is 67.9 Å². The van der Waals surface area contributed by atoms with Gasteiger partial charge in [-0.3, -0.25) is 30.3 Å². The molecule has 15 heteroatoms. The third kappa shape index (κ3) is 8.27. The first-order valence-corrected chi connectivity index (χ1v) is 14.3. The molecule has 0 radical (unpaired) electrons. The number of pyridine rings is 1. The van der Waals surface area contributed by atoms with E-state index in [4.69, 9.17) is 18.9 Å². The highest BCUT2D eigenvalue weighted by molar-refractivity contribution is 7.90. The number of benzene rings is 1. The maximum absolute atomic E-state index is 13.7. The predicted molar refractivity (Wildman–Crippen MR) is 155 cm³/mol. The Labute approximate surface area is 244 Å². The molecule has 0 aliphatic heterocycles. The van der Waals surface area contributed by atoms with Crippen LogP contribution in [0.15, 0.2) is 53.9 Å². The number of aryl methyl sites for hydroxylation is 1. The molecule has 0 aliphatic carbocycles. The molecule has 0 fully saturated rings. The van der Waals surface area contributed by atoms with Gasteiger partial charge in [-0.2, -0.15) is 0 Å². The first-order chi connectivity index (χ1) is 20.0. The Morgan fingerprint density at radius 3 is 2.17 bits per heavy atom. The molecule has 0 bridgehead atoms. The number of hydrogen-bond acceptors (Lipinski definition) is 11. The van der Waals surface area contributed by atoms with E-state index in [9.17, 15) is 13.2 Å². The van der Waals surface area contributed by atoms with Crippen LogP contribution in [0.1, 0.15) is 48.6 Å². The van der Waals surface area contributed by atoms with Crippen molar-refractivity contribution in [2.75, 3.05) is 21.3 Å². The van der Waals surface area contributed by atoms with Gasteiger partial charge in [0, 0.05) is 6.20 Å². The van der Waals surface area contributed by atoms with E-state index in [1.807, 2.05) is 6.92 Å². The summed E-state index contributed by atoms with van der Waals surface area (Å²) < 4.78 is 51.7. The summed E-state index contributed by atoms with van der Waals surface area (Å²) >= 11 is 0. The van der Waals surface area contributed by atoms with Gasteiger partial charge in [-0.15, -0.1) is 0 Å². The Bertz CT molecular complexity index is 1480. The summed E-state index contributed by atoms with van der Waals surface area (Å²) in [7, 11) is 0.0483. The van der Waals surface area contributed by atoms with Gasteiger partial charge in [0.2, 0.25) is 21.9 Å². The summed E-state index contributed by atoms with van der Waals surface area (Å²) in [6.07, 6.45) is 2.88. The molecule has 0 spiro atoms. The highest BCUT2D eigenvalue weighted by Gasteiger charge is 2.34. The van der Waals surface area contributed by atoms with Crippen molar-refractivity contribution in [2.24, 2.45) is 4.99 Å². The summed E-state index contributed by atoms with van der Waals surface area (Å²) in [5, 5.41) is -1.21. The maximum Gasteiger partial charge on any atom is 0.288 e. The molecule has 2 heterocycles. The first kappa shape index (κ1) is 32.0. The first-order valence-electron chi connectivity index (χ1n) is 12.8. The molecular weight excluding hydrogens is 566 g/mol. The fourth-order valence-corrected chi connectivity index (χ4v) is 4.73. The zero-order valence-electron chi connectivity index (χ0n) is 24.4. The van der Waals surface area contributed by atoms with E-state index in [2.05, 4.69) is 35.5 Å². The number of methoxy groups -OCH3 is 3. The van der Waals surface area contributed by atoms with Crippen molar-refractivity contribution in [3.8, 4) is 17.4 Å². The van der Waals surface area contributed by atoms with Gasteiger partial charge in [-0.25, -0.2) is 18.4 Å². The molecule has 0 aliphatic rings. The van der Waals surface area contributed by atoms with Crippen LogP contribution in [-0.2, 0) is 14.8 Å². The number of aromatic nitrogens is 3. The molecule has 1 amide bonds. The lowest BCUT2D eigenvalue weighted by atomic mass is 10.2. The minimum Gasteiger partial charge on any atom is -0.494 e. The van der Waals surface area contributed by atoms with Gasteiger partial charge in [-0.1, -0.05) is 6.07 Å². The summed E-state index contributed by atoms with van der Waals surface area (Å²) in [5.74, 6) is -0.127. The number of para-hydroxylation sites is 1. The molecule has 1 aromatic carbocycles. The number of nitrogens with one attached hydrogen (secondary N) is 3. The second kappa shape index (κ2) is 14.4. The molecule has 0 saturated heterocycles. The van der Waals surface area contributed by atoms with Crippen LogP contribution in [0.5, 0.6) is 17.4 Å². The lowest BCUT2D eigenvalue weighted by molar-refractivity contribution is 0.00372. The third-order valence-corrected chi connectivity index (χ3v) is 7.49. The van der Waals surface area contributed by atoms with Gasteiger partial charge in [0.15, 0.2) is 5.69 Å². The summed E-state index contributed by atoms with van der Waals surface area (Å²) in [6, 6.07) is 8.25.